The zero-order valence-corrected chi connectivity index (χ0v) is 13.9. The number of amides is 1. The van der Waals surface area contributed by atoms with Crippen molar-refractivity contribution < 1.29 is 28.9 Å². The number of esters is 1. The van der Waals surface area contributed by atoms with Gasteiger partial charge in [0, 0.05) is 11.8 Å². The second-order valence-corrected chi connectivity index (χ2v) is 5.04. The Morgan fingerprint density at radius 2 is 1.72 bits per heavy atom. The van der Waals surface area contributed by atoms with Crippen LogP contribution in [0.3, 0.4) is 0 Å². The highest BCUT2D eigenvalue weighted by molar-refractivity contribution is 5.93. The van der Waals surface area contributed by atoms with Crippen LogP contribution in [0, 0.1) is 0 Å². The fourth-order valence-electron chi connectivity index (χ4n) is 2.10. The Balaban J connectivity index is 1.89. The van der Waals surface area contributed by atoms with Gasteiger partial charge in [-0.3, -0.25) is 4.79 Å². The molecule has 0 aliphatic heterocycles. The number of aliphatic hydroxyl groups excluding tert-OH is 1. The Hall–Kier alpha value is -3.06. The van der Waals surface area contributed by atoms with Gasteiger partial charge < -0.3 is 24.6 Å². The molecule has 2 aromatic carbocycles. The molecule has 0 fully saturated rings. The number of hydrogen-bond acceptors (Lipinski definition) is 6. The summed E-state index contributed by atoms with van der Waals surface area (Å²) in [6.45, 7) is -0.517. The first-order valence-electron chi connectivity index (χ1n) is 7.46. The maximum absolute atomic E-state index is 11.9. The second kappa shape index (κ2) is 8.70. The van der Waals surface area contributed by atoms with E-state index in [4.69, 9.17) is 14.2 Å². The molecule has 0 saturated heterocycles. The average Bonchev–Trinajstić information content (AvgIpc) is 2.66. The van der Waals surface area contributed by atoms with Crippen LogP contribution in [0.1, 0.15) is 11.7 Å². The number of carbonyl (C=O) groups excluding carboxylic acids is 2. The van der Waals surface area contributed by atoms with Gasteiger partial charge in [0.1, 0.15) is 0 Å². The van der Waals surface area contributed by atoms with Gasteiger partial charge in [0.15, 0.2) is 24.2 Å². The molecular formula is C18H19NO6. The van der Waals surface area contributed by atoms with Gasteiger partial charge in [0.05, 0.1) is 14.2 Å². The normalized spacial score (nSPS) is 11.3. The molecule has 0 aliphatic carbocycles. The minimum Gasteiger partial charge on any atom is -0.493 e. The Morgan fingerprint density at radius 1 is 1.04 bits per heavy atom. The summed E-state index contributed by atoms with van der Waals surface area (Å²) in [6, 6.07) is 13.2. The predicted molar refractivity (Wildman–Crippen MR) is 90.5 cm³/mol. The molecule has 0 bridgehead atoms. The van der Waals surface area contributed by atoms with E-state index in [0.29, 0.717) is 22.7 Å². The highest BCUT2D eigenvalue weighted by Crippen LogP contribution is 2.29. The molecule has 0 radical (unpaired) electrons. The van der Waals surface area contributed by atoms with Gasteiger partial charge in [0.25, 0.3) is 5.91 Å². The lowest BCUT2D eigenvalue weighted by atomic mass is 10.1. The van der Waals surface area contributed by atoms with Crippen LogP contribution >= 0.6 is 0 Å². The van der Waals surface area contributed by atoms with Crippen LogP contribution in [0.5, 0.6) is 11.5 Å². The molecule has 0 heterocycles. The van der Waals surface area contributed by atoms with Crippen molar-refractivity contribution in [2.24, 2.45) is 0 Å². The lowest BCUT2D eigenvalue weighted by Crippen LogP contribution is -2.24. The van der Waals surface area contributed by atoms with Crippen LogP contribution in [-0.4, -0.2) is 37.8 Å². The second-order valence-electron chi connectivity index (χ2n) is 5.04. The summed E-state index contributed by atoms with van der Waals surface area (Å²) >= 11 is 0. The van der Waals surface area contributed by atoms with E-state index >= 15 is 0 Å². The minimum atomic E-state index is -1.44. The van der Waals surface area contributed by atoms with Crippen molar-refractivity contribution in [1.29, 1.82) is 0 Å². The fraction of sp³-hybridized carbons (Fsp3) is 0.222. The summed E-state index contributed by atoms with van der Waals surface area (Å²) in [7, 11) is 2.99. The minimum absolute atomic E-state index is 0.396. The van der Waals surface area contributed by atoms with Gasteiger partial charge in [-0.2, -0.15) is 0 Å². The van der Waals surface area contributed by atoms with Crippen molar-refractivity contribution in [3.05, 3.63) is 54.1 Å². The van der Waals surface area contributed by atoms with Crippen LogP contribution in [-0.2, 0) is 14.3 Å². The van der Waals surface area contributed by atoms with Gasteiger partial charge >= 0.3 is 5.97 Å². The highest BCUT2D eigenvalue weighted by Gasteiger charge is 2.19. The van der Waals surface area contributed by atoms with Crippen molar-refractivity contribution in [2.75, 3.05) is 26.1 Å². The summed E-state index contributed by atoms with van der Waals surface area (Å²) in [5, 5.41) is 12.4. The SMILES string of the molecule is COc1ccc(NC(=O)COC(=O)[C@@H](O)c2ccccc2)cc1OC. The molecule has 2 N–H and O–H groups in total. The molecule has 2 aromatic rings. The summed E-state index contributed by atoms with van der Waals surface area (Å²) in [5.74, 6) is -0.454. The first-order chi connectivity index (χ1) is 12.0. The van der Waals surface area contributed by atoms with Crippen molar-refractivity contribution in [3.8, 4) is 11.5 Å². The molecular weight excluding hydrogens is 326 g/mol. The number of carbonyl (C=O) groups is 2. The third-order valence-electron chi connectivity index (χ3n) is 3.35. The van der Waals surface area contributed by atoms with Crippen molar-refractivity contribution in [2.45, 2.75) is 6.10 Å². The molecule has 7 nitrogen and oxygen atoms in total. The van der Waals surface area contributed by atoms with Crippen LogP contribution in [0.4, 0.5) is 5.69 Å². The van der Waals surface area contributed by atoms with Crippen molar-refractivity contribution in [1.82, 2.24) is 0 Å². The maximum atomic E-state index is 11.9. The molecule has 7 heteroatoms. The lowest BCUT2D eigenvalue weighted by molar-refractivity contribution is -0.156. The Bertz CT molecular complexity index is 732. The number of methoxy groups -OCH3 is 2. The topological polar surface area (TPSA) is 94.1 Å². The summed E-state index contributed by atoms with van der Waals surface area (Å²) in [6.07, 6.45) is -1.44. The van der Waals surface area contributed by atoms with Gasteiger partial charge in [-0.15, -0.1) is 0 Å². The van der Waals surface area contributed by atoms with Gasteiger partial charge in [-0.25, -0.2) is 4.79 Å². The summed E-state index contributed by atoms with van der Waals surface area (Å²) < 4.78 is 15.1. The number of anilines is 1. The van der Waals surface area contributed by atoms with Crippen molar-refractivity contribution >= 4 is 17.6 Å². The highest BCUT2D eigenvalue weighted by atomic mass is 16.5. The van der Waals surface area contributed by atoms with E-state index < -0.39 is 24.6 Å². The average molecular weight is 345 g/mol. The third-order valence-corrected chi connectivity index (χ3v) is 3.35. The van der Waals surface area contributed by atoms with E-state index in [2.05, 4.69) is 5.32 Å². The molecule has 1 atom stereocenters. The monoisotopic (exact) mass is 345 g/mol. The number of ether oxygens (including phenoxy) is 3. The number of nitrogens with one attached hydrogen (secondary N) is 1. The molecule has 132 valence electrons. The fourth-order valence-corrected chi connectivity index (χ4v) is 2.10. The molecule has 2 rings (SSSR count). The van der Waals surface area contributed by atoms with E-state index in [1.54, 1.807) is 48.5 Å². The lowest BCUT2D eigenvalue weighted by Gasteiger charge is -2.12. The molecule has 0 unspecified atom stereocenters. The molecule has 25 heavy (non-hydrogen) atoms. The number of aliphatic hydroxyl groups is 1. The maximum Gasteiger partial charge on any atom is 0.340 e. The zero-order chi connectivity index (χ0) is 18.2. The molecule has 0 spiro atoms. The first-order valence-corrected chi connectivity index (χ1v) is 7.46. The van der Waals surface area contributed by atoms with Crippen LogP contribution in [0.25, 0.3) is 0 Å². The standard InChI is InChI=1S/C18H19NO6/c1-23-14-9-8-13(10-15(14)24-2)19-16(20)11-25-18(22)17(21)12-6-4-3-5-7-12/h3-10,17,21H,11H2,1-2H3,(H,19,20)/t17-/m0/s1. The van der Waals surface area contributed by atoms with Crippen molar-refractivity contribution in [3.63, 3.8) is 0 Å². The Labute approximate surface area is 145 Å². The van der Waals surface area contributed by atoms with E-state index in [1.165, 1.54) is 14.2 Å². The number of hydrogen-bond donors (Lipinski definition) is 2. The number of benzene rings is 2. The van der Waals surface area contributed by atoms with Crippen LogP contribution in [0.15, 0.2) is 48.5 Å². The van der Waals surface area contributed by atoms with Gasteiger partial charge in [-0.1, -0.05) is 30.3 Å². The largest absolute Gasteiger partial charge is 0.493 e. The quantitative estimate of drug-likeness (QED) is 0.745. The number of rotatable bonds is 7. The van der Waals surface area contributed by atoms with E-state index in [9.17, 15) is 14.7 Å². The molecule has 0 aromatic heterocycles. The van der Waals surface area contributed by atoms with Crippen LogP contribution in [0.2, 0.25) is 0 Å². The van der Waals surface area contributed by atoms with Gasteiger partial charge in [-0.05, 0) is 17.7 Å². The van der Waals surface area contributed by atoms with E-state index in [-0.39, 0.29) is 0 Å². The third kappa shape index (κ3) is 4.95. The molecule has 0 aliphatic rings. The first kappa shape index (κ1) is 18.3. The zero-order valence-electron chi connectivity index (χ0n) is 13.9. The van der Waals surface area contributed by atoms with Gasteiger partial charge in [0.2, 0.25) is 0 Å². The molecule has 1 amide bonds. The molecule has 0 saturated carbocycles. The summed E-state index contributed by atoms with van der Waals surface area (Å²) in [5.41, 5.74) is 0.857. The Kier molecular flexibility index (Phi) is 6.36. The Morgan fingerprint density at radius 3 is 2.36 bits per heavy atom. The predicted octanol–water partition coefficient (Wildman–Crippen LogP) is 1.92. The van der Waals surface area contributed by atoms with Crippen LogP contribution < -0.4 is 14.8 Å². The van der Waals surface area contributed by atoms with E-state index in [0.717, 1.165) is 0 Å². The van der Waals surface area contributed by atoms with E-state index in [1.807, 2.05) is 0 Å². The summed E-state index contributed by atoms with van der Waals surface area (Å²) in [4.78, 5) is 23.7. The smallest absolute Gasteiger partial charge is 0.340 e.